The molecular formula is C37H42N6O7S. The van der Waals surface area contributed by atoms with Crippen LogP contribution in [0.4, 0.5) is 10.5 Å². The van der Waals surface area contributed by atoms with E-state index in [1.807, 2.05) is 60.7 Å². The predicted octanol–water partition coefficient (Wildman–Crippen LogP) is 4.00. The number of anilines is 1. The van der Waals surface area contributed by atoms with Crippen molar-refractivity contribution < 1.29 is 32.6 Å². The van der Waals surface area contributed by atoms with E-state index in [1.54, 1.807) is 23.2 Å². The number of methoxy groups -OCH3 is 1. The topological polar surface area (TPSA) is 174 Å². The molecule has 3 atom stereocenters. The highest BCUT2D eigenvalue weighted by molar-refractivity contribution is 7.91. The van der Waals surface area contributed by atoms with Gasteiger partial charge in [-0.05, 0) is 66.3 Å². The van der Waals surface area contributed by atoms with E-state index >= 15 is 0 Å². The summed E-state index contributed by atoms with van der Waals surface area (Å²) in [6.45, 7) is 3.66. The van der Waals surface area contributed by atoms with Gasteiger partial charge in [-0.25, -0.2) is 18.2 Å². The lowest BCUT2D eigenvalue weighted by atomic mass is 10.0. The van der Waals surface area contributed by atoms with Gasteiger partial charge in [-0.3, -0.25) is 14.5 Å². The van der Waals surface area contributed by atoms with Crippen molar-refractivity contribution in [2.75, 3.05) is 43.6 Å². The number of hydrogen-bond acceptors (Lipinski definition) is 9. The Morgan fingerprint density at radius 2 is 1.57 bits per heavy atom. The first kappa shape index (κ1) is 35.8. The molecule has 14 heteroatoms. The number of ether oxygens (including phenoxy) is 1. The molecule has 4 aromatic rings. The van der Waals surface area contributed by atoms with E-state index in [1.165, 1.54) is 14.0 Å². The molecule has 0 aliphatic carbocycles. The number of H-pyrrole nitrogens is 1. The van der Waals surface area contributed by atoms with Crippen molar-refractivity contribution in [3.63, 3.8) is 0 Å². The molecule has 0 unspecified atom stereocenters. The summed E-state index contributed by atoms with van der Waals surface area (Å²) in [6, 6.07) is 21.5. The molecule has 2 saturated heterocycles. The van der Waals surface area contributed by atoms with Gasteiger partial charge < -0.3 is 30.4 Å². The maximum atomic E-state index is 13.3. The van der Waals surface area contributed by atoms with Crippen LogP contribution in [0.25, 0.3) is 22.4 Å². The number of likely N-dealkylation sites (tertiary alicyclic amines) is 1. The average Bonchev–Trinajstić information content (AvgIpc) is 3.83. The summed E-state index contributed by atoms with van der Waals surface area (Å²) in [5.41, 5.74) is 5.89. The van der Waals surface area contributed by atoms with Crippen LogP contribution in [-0.4, -0.2) is 102 Å². The predicted molar refractivity (Wildman–Crippen MR) is 192 cm³/mol. The lowest BCUT2D eigenvalue weighted by Gasteiger charge is -2.29. The first-order valence-corrected chi connectivity index (χ1v) is 18.7. The van der Waals surface area contributed by atoms with Crippen LogP contribution >= 0.6 is 0 Å². The summed E-state index contributed by atoms with van der Waals surface area (Å²) in [7, 11) is -1.71. The number of aliphatic hydroxyl groups excluding tert-OH is 1. The number of carbonyl (C=O) groups excluding carboxylic acids is 3. The van der Waals surface area contributed by atoms with Gasteiger partial charge in [0.15, 0.2) is 9.84 Å². The summed E-state index contributed by atoms with van der Waals surface area (Å²) in [6.07, 6.45) is 1.29. The molecule has 268 valence electrons. The smallest absolute Gasteiger partial charge is 0.407 e. The van der Waals surface area contributed by atoms with Crippen LogP contribution in [0.15, 0.2) is 79.0 Å². The minimum Gasteiger partial charge on any atom is -0.453 e. The molecule has 3 amide bonds. The Morgan fingerprint density at radius 1 is 0.941 bits per heavy atom. The maximum absolute atomic E-state index is 13.3. The molecule has 0 saturated carbocycles. The molecule has 3 heterocycles. The quantitative estimate of drug-likeness (QED) is 0.189. The SMILES string of the molecule is COC(=O)N[C@H](C(=O)N1CCC[C@H]1c1ncc(-c2ccc(-c3ccc(C(=O)Nc4ccc(CN5CCS(=O)(=O)CC5)cc4)cc3)cc2)[nH]1)[C@@H](C)O. The second-order valence-corrected chi connectivity index (χ2v) is 15.3. The van der Waals surface area contributed by atoms with E-state index in [0.717, 1.165) is 34.4 Å². The third-order valence-electron chi connectivity index (χ3n) is 9.39. The summed E-state index contributed by atoms with van der Waals surface area (Å²) in [4.78, 5) is 49.7. The second kappa shape index (κ2) is 15.5. The highest BCUT2D eigenvalue weighted by atomic mass is 32.2. The molecule has 2 aliphatic rings. The molecule has 3 aromatic carbocycles. The van der Waals surface area contributed by atoms with Gasteiger partial charge in [0.25, 0.3) is 5.91 Å². The number of sulfone groups is 1. The molecule has 4 N–H and O–H groups in total. The number of carbonyl (C=O) groups is 3. The number of benzene rings is 3. The van der Waals surface area contributed by atoms with Gasteiger partial charge in [0, 0.05) is 37.4 Å². The molecular weight excluding hydrogens is 673 g/mol. The molecule has 13 nitrogen and oxygen atoms in total. The molecule has 6 rings (SSSR count). The zero-order chi connectivity index (χ0) is 36.1. The Balaban J connectivity index is 1.05. The Kier molecular flexibility index (Phi) is 10.8. The number of hydrogen-bond donors (Lipinski definition) is 4. The highest BCUT2D eigenvalue weighted by Gasteiger charge is 2.38. The van der Waals surface area contributed by atoms with Gasteiger partial charge in [-0.2, -0.15) is 0 Å². The summed E-state index contributed by atoms with van der Waals surface area (Å²) in [5, 5.41) is 15.5. The Hall–Kier alpha value is -5.05. The van der Waals surface area contributed by atoms with Crippen molar-refractivity contribution in [3.8, 4) is 22.4 Å². The third kappa shape index (κ3) is 8.64. The zero-order valence-corrected chi connectivity index (χ0v) is 29.4. The van der Waals surface area contributed by atoms with Crippen LogP contribution in [0.5, 0.6) is 0 Å². The number of rotatable bonds is 10. The largest absolute Gasteiger partial charge is 0.453 e. The number of aliphatic hydroxyl groups is 1. The summed E-state index contributed by atoms with van der Waals surface area (Å²) in [5.74, 6) is 0.396. The van der Waals surface area contributed by atoms with Crippen LogP contribution < -0.4 is 10.6 Å². The van der Waals surface area contributed by atoms with Crippen LogP contribution in [0.2, 0.25) is 0 Å². The standard InChI is InChI=1S/C37H42N6O7S/c1-24(44)33(41-37(47)50-2)36(46)43-17-3-4-32(43)34-38-22-31(40-34)28-11-7-26(8-12-28)27-9-13-29(14-10-27)35(45)39-30-15-5-25(6-16-30)23-42-18-20-51(48,49)21-19-42/h5-16,22,24,32-33,44H,3-4,17-21,23H2,1-2H3,(H,38,40)(H,39,45)(H,41,47)/t24-,32+,33+/m1/s1. The minimum absolute atomic E-state index is 0.192. The van der Waals surface area contributed by atoms with E-state index in [4.69, 9.17) is 0 Å². The molecule has 51 heavy (non-hydrogen) atoms. The molecule has 2 fully saturated rings. The lowest BCUT2D eigenvalue weighted by Crippen LogP contribution is -2.53. The zero-order valence-electron chi connectivity index (χ0n) is 28.5. The number of amides is 3. The van der Waals surface area contributed by atoms with E-state index in [-0.39, 0.29) is 23.5 Å². The Labute approximate surface area is 296 Å². The van der Waals surface area contributed by atoms with Crippen LogP contribution in [0, 0.1) is 0 Å². The van der Waals surface area contributed by atoms with Gasteiger partial charge in [-0.15, -0.1) is 0 Å². The van der Waals surface area contributed by atoms with Crippen molar-refractivity contribution >= 4 is 33.4 Å². The third-order valence-corrected chi connectivity index (χ3v) is 11.0. The van der Waals surface area contributed by atoms with Crippen LogP contribution in [-0.2, 0) is 25.9 Å². The molecule has 0 spiro atoms. The van der Waals surface area contributed by atoms with Crippen LogP contribution in [0.1, 0.15) is 47.6 Å². The Bertz CT molecular complexity index is 1950. The van der Waals surface area contributed by atoms with Gasteiger partial charge in [0.1, 0.15) is 11.9 Å². The first-order chi connectivity index (χ1) is 24.5. The first-order valence-electron chi connectivity index (χ1n) is 16.9. The lowest BCUT2D eigenvalue weighted by molar-refractivity contribution is -0.137. The van der Waals surface area contributed by atoms with Crippen molar-refractivity contribution in [2.24, 2.45) is 0 Å². The highest BCUT2D eigenvalue weighted by Crippen LogP contribution is 2.33. The average molecular weight is 715 g/mol. The van der Waals surface area contributed by atoms with Crippen molar-refractivity contribution in [1.82, 2.24) is 25.1 Å². The normalized spacial score (nSPS) is 18.5. The fourth-order valence-corrected chi connectivity index (χ4v) is 7.72. The molecule has 0 bridgehead atoms. The van der Waals surface area contributed by atoms with E-state index < -0.39 is 34.0 Å². The second-order valence-electron chi connectivity index (χ2n) is 13.0. The number of aromatic amines is 1. The van der Waals surface area contributed by atoms with Crippen molar-refractivity contribution in [1.29, 1.82) is 0 Å². The fraction of sp³-hybridized carbons (Fsp3) is 0.351. The van der Waals surface area contributed by atoms with Crippen molar-refractivity contribution in [2.45, 2.75) is 44.5 Å². The van der Waals surface area contributed by atoms with Gasteiger partial charge in [0.2, 0.25) is 5.91 Å². The number of nitrogens with one attached hydrogen (secondary N) is 3. The maximum Gasteiger partial charge on any atom is 0.407 e. The summed E-state index contributed by atoms with van der Waals surface area (Å²) < 4.78 is 28.0. The van der Waals surface area contributed by atoms with E-state index in [2.05, 4.69) is 30.2 Å². The molecule has 1 aromatic heterocycles. The molecule has 0 radical (unpaired) electrons. The monoisotopic (exact) mass is 714 g/mol. The van der Waals surface area contributed by atoms with Gasteiger partial charge in [-0.1, -0.05) is 48.5 Å². The Morgan fingerprint density at radius 3 is 2.20 bits per heavy atom. The number of alkyl carbamates (subject to hydrolysis) is 1. The number of nitrogens with zero attached hydrogens (tertiary/aromatic N) is 3. The van der Waals surface area contributed by atoms with Crippen molar-refractivity contribution in [3.05, 3.63) is 95.9 Å². The van der Waals surface area contributed by atoms with Crippen LogP contribution in [0.3, 0.4) is 0 Å². The number of aromatic nitrogens is 2. The van der Waals surface area contributed by atoms with Gasteiger partial charge >= 0.3 is 6.09 Å². The molecule has 2 aliphatic heterocycles. The van der Waals surface area contributed by atoms with Gasteiger partial charge in [0.05, 0.1) is 42.7 Å². The van der Waals surface area contributed by atoms with E-state index in [9.17, 15) is 27.9 Å². The fourth-order valence-electron chi connectivity index (χ4n) is 6.44. The summed E-state index contributed by atoms with van der Waals surface area (Å²) >= 11 is 0. The van der Waals surface area contributed by atoms with E-state index in [0.29, 0.717) is 49.7 Å². The minimum atomic E-state index is -2.91. The number of imidazole rings is 1.